The Kier molecular flexibility index (Phi) is 7.57. The van der Waals surface area contributed by atoms with Crippen LogP contribution in [0.2, 0.25) is 0 Å². The minimum absolute atomic E-state index is 0.0426. The number of fused-ring (bicyclic) bond motifs is 1. The molecule has 1 aromatic heterocycles. The van der Waals surface area contributed by atoms with Gasteiger partial charge in [-0.3, -0.25) is 9.69 Å². The summed E-state index contributed by atoms with van der Waals surface area (Å²) in [6.07, 6.45) is 5.82. The van der Waals surface area contributed by atoms with Crippen LogP contribution in [0, 0.1) is 17.7 Å². The van der Waals surface area contributed by atoms with Gasteiger partial charge < -0.3 is 19.8 Å². The summed E-state index contributed by atoms with van der Waals surface area (Å²) in [5.41, 5.74) is -0.113. The first-order valence-electron chi connectivity index (χ1n) is 12.9. The van der Waals surface area contributed by atoms with E-state index < -0.39 is 29.5 Å². The second-order valence-corrected chi connectivity index (χ2v) is 10.8. The number of amides is 2. The Labute approximate surface area is 210 Å². The predicted molar refractivity (Wildman–Crippen MR) is 134 cm³/mol. The van der Waals surface area contributed by atoms with E-state index in [4.69, 9.17) is 9.47 Å². The molecule has 0 unspecified atom stereocenters. The van der Waals surface area contributed by atoms with Gasteiger partial charge in [-0.15, -0.1) is 0 Å². The first-order valence-corrected chi connectivity index (χ1v) is 12.9. The zero-order valence-corrected chi connectivity index (χ0v) is 21.5. The number of H-pyrrole nitrogens is 1. The zero-order chi connectivity index (χ0) is 26.0. The molecule has 1 saturated heterocycles. The summed E-state index contributed by atoms with van der Waals surface area (Å²) in [6, 6.07) is 4.08. The van der Waals surface area contributed by atoms with E-state index in [9.17, 15) is 18.8 Å². The highest BCUT2D eigenvalue weighted by molar-refractivity contribution is 6.00. The first kappa shape index (κ1) is 26.0. The van der Waals surface area contributed by atoms with E-state index in [1.54, 1.807) is 44.7 Å². The SMILES string of the molecule is CCOC(=O)c1[nH]c2ccc(NC(=O)[C@@H]3[C@H](C4CCCCC4)CCN3C(=O)OC(C)(C)C)cc2c1F. The van der Waals surface area contributed by atoms with Crippen LogP contribution in [0.25, 0.3) is 10.9 Å². The number of aromatic nitrogens is 1. The number of benzene rings is 1. The predicted octanol–water partition coefficient (Wildman–Crippen LogP) is 5.63. The molecule has 36 heavy (non-hydrogen) atoms. The number of rotatable bonds is 5. The molecule has 2 N–H and O–H groups in total. The number of nitrogens with one attached hydrogen (secondary N) is 2. The fourth-order valence-electron chi connectivity index (χ4n) is 5.53. The van der Waals surface area contributed by atoms with E-state index in [2.05, 4.69) is 10.3 Å². The summed E-state index contributed by atoms with van der Waals surface area (Å²) in [6.45, 7) is 7.66. The molecule has 0 bridgehead atoms. The van der Waals surface area contributed by atoms with Crippen molar-refractivity contribution in [1.82, 2.24) is 9.88 Å². The van der Waals surface area contributed by atoms with Crippen molar-refractivity contribution in [2.24, 2.45) is 11.8 Å². The van der Waals surface area contributed by atoms with Crippen molar-refractivity contribution in [2.45, 2.75) is 77.9 Å². The molecule has 9 heteroatoms. The third-order valence-electron chi connectivity index (χ3n) is 7.08. The molecule has 1 saturated carbocycles. The molecule has 1 aliphatic carbocycles. The quantitative estimate of drug-likeness (QED) is 0.517. The van der Waals surface area contributed by atoms with Gasteiger partial charge in [0.2, 0.25) is 5.91 Å². The summed E-state index contributed by atoms with van der Waals surface area (Å²) >= 11 is 0. The van der Waals surface area contributed by atoms with Gasteiger partial charge in [0.05, 0.1) is 6.61 Å². The lowest BCUT2D eigenvalue weighted by molar-refractivity contribution is -0.122. The van der Waals surface area contributed by atoms with Crippen LogP contribution in [0.5, 0.6) is 0 Å². The van der Waals surface area contributed by atoms with Crippen molar-refractivity contribution in [2.75, 3.05) is 18.5 Å². The van der Waals surface area contributed by atoms with Gasteiger partial charge in [0.15, 0.2) is 11.5 Å². The lowest BCUT2D eigenvalue weighted by Crippen LogP contribution is -2.49. The minimum atomic E-state index is -0.772. The summed E-state index contributed by atoms with van der Waals surface area (Å²) < 4.78 is 25.5. The van der Waals surface area contributed by atoms with Gasteiger partial charge in [-0.2, -0.15) is 0 Å². The average molecular weight is 502 g/mol. The molecule has 0 radical (unpaired) electrons. The number of ether oxygens (including phenoxy) is 2. The Balaban J connectivity index is 1.59. The molecule has 2 aromatic rings. The molecule has 1 aliphatic heterocycles. The lowest BCUT2D eigenvalue weighted by Gasteiger charge is -2.34. The highest BCUT2D eigenvalue weighted by Crippen LogP contribution is 2.40. The largest absolute Gasteiger partial charge is 0.461 e. The number of carbonyl (C=O) groups excluding carboxylic acids is 3. The standard InChI is InChI=1S/C27H36FN3O5/c1-5-35-25(33)22-21(28)19-15-17(11-12-20(19)30-22)29-24(32)23-18(16-9-7-6-8-10-16)13-14-31(23)26(34)36-27(2,3)4/h11-12,15-16,18,23,30H,5-10,13-14H2,1-4H3,(H,29,32)/t18-,23-/m0/s1. The maximum atomic E-state index is 14.9. The number of esters is 1. The van der Waals surface area contributed by atoms with Crippen LogP contribution in [0.4, 0.5) is 14.9 Å². The second kappa shape index (κ2) is 10.5. The van der Waals surface area contributed by atoms with Crippen LogP contribution in [-0.2, 0) is 14.3 Å². The molecule has 2 aliphatic rings. The number of hydrogen-bond acceptors (Lipinski definition) is 5. The van der Waals surface area contributed by atoms with Gasteiger partial charge in [-0.25, -0.2) is 14.0 Å². The average Bonchev–Trinajstić information content (AvgIpc) is 3.41. The molecule has 2 amide bonds. The van der Waals surface area contributed by atoms with Gasteiger partial charge in [-0.05, 0) is 64.2 Å². The van der Waals surface area contributed by atoms with E-state index in [1.807, 2.05) is 0 Å². The van der Waals surface area contributed by atoms with E-state index in [1.165, 1.54) is 12.5 Å². The summed E-state index contributed by atoms with van der Waals surface area (Å²) in [5, 5.41) is 3.07. The molecule has 1 aromatic carbocycles. The van der Waals surface area contributed by atoms with Crippen molar-refractivity contribution in [3.8, 4) is 0 Å². The fourth-order valence-corrected chi connectivity index (χ4v) is 5.53. The zero-order valence-electron chi connectivity index (χ0n) is 21.5. The molecular weight excluding hydrogens is 465 g/mol. The maximum Gasteiger partial charge on any atom is 0.410 e. The van der Waals surface area contributed by atoms with Gasteiger partial charge in [0.25, 0.3) is 0 Å². The van der Waals surface area contributed by atoms with Gasteiger partial charge in [0.1, 0.15) is 11.6 Å². The Morgan fingerprint density at radius 3 is 2.53 bits per heavy atom. The number of carbonyl (C=O) groups is 3. The Bertz CT molecular complexity index is 1130. The summed E-state index contributed by atoms with van der Waals surface area (Å²) in [4.78, 5) is 43.0. The third kappa shape index (κ3) is 5.50. The van der Waals surface area contributed by atoms with Crippen LogP contribution in [0.3, 0.4) is 0 Å². The minimum Gasteiger partial charge on any atom is -0.461 e. The van der Waals surface area contributed by atoms with Gasteiger partial charge in [0, 0.05) is 23.1 Å². The molecule has 0 spiro atoms. The summed E-state index contributed by atoms with van der Waals surface area (Å²) in [7, 11) is 0. The number of halogens is 1. The molecule has 8 nitrogen and oxygen atoms in total. The van der Waals surface area contributed by atoms with Crippen LogP contribution in [0.15, 0.2) is 18.2 Å². The van der Waals surface area contributed by atoms with Crippen molar-refractivity contribution in [3.63, 3.8) is 0 Å². The third-order valence-corrected chi connectivity index (χ3v) is 7.08. The smallest absolute Gasteiger partial charge is 0.410 e. The topological polar surface area (TPSA) is 101 Å². The van der Waals surface area contributed by atoms with Gasteiger partial charge in [-0.1, -0.05) is 32.1 Å². The molecule has 2 atom stereocenters. The van der Waals surface area contributed by atoms with Crippen molar-refractivity contribution < 1.29 is 28.2 Å². The monoisotopic (exact) mass is 501 g/mol. The molecular formula is C27H36FN3O5. The van der Waals surface area contributed by atoms with Gasteiger partial charge >= 0.3 is 12.1 Å². The van der Waals surface area contributed by atoms with Crippen molar-refractivity contribution in [1.29, 1.82) is 0 Å². The van der Waals surface area contributed by atoms with E-state index in [0.29, 0.717) is 23.7 Å². The van der Waals surface area contributed by atoms with Crippen molar-refractivity contribution in [3.05, 3.63) is 29.7 Å². The van der Waals surface area contributed by atoms with E-state index in [0.717, 1.165) is 32.1 Å². The number of hydrogen-bond donors (Lipinski definition) is 2. The molecule has 4 rings (SSSR count). The van der Waals surface area contributed by atoms with Crippen LogP contribution >= 0.6 is 0 Å². The Hall–Kier alpha value is -3.10. The van der Waals surface area contributed by atoms with E-state index >= 15 is 0 Å². The van der Waals surface area contributed by atoms with E-state index in [-0.39, 0.29) is 29.5 Å². The highest BCUT2D eigenvalue weighted by Gasteiger charge is 2.46. The normalized spacial score (nSPS) is 21.0. The molecule has 2 heterocycles. The highest BCUT2D eigenvalue weighted by atomic mass is 19.1. The fraction of sp³-hybridized carbons (Fsp3) is 0.593. The van der Waals surface area contributed by atoms with Crippen LogP contribution in [-0.4, -0.2) is 52.6 Å². The van der Waals surface area contributed by atoms with Crippen LogP contribution in [0.1, 0.15) is 76.7 Å². The van der Waals surface area contributed by atoms with Crippen LogP contribution < -0.4 is 5.32 Å². The number of likely N-dealkylation sites (tertiary alicyclic amines) is 1. The molecule has 2 fully saturated rings. The first-order chi connectivity index (χ1) is 17.1. The Morgan fingerprint density at radius 2 is 1.86 bits per heavy atom. The number of nitrogens with zero attached hydrogens (tertiary/aromatic N) is 1. The van der Waals surface area contributed by atoms with Crippen molar-refractivity contribution >= 4 is 34.6 Å². The Morgan fingerprint density at radius 1 is 1.14 bits per heavy atom. The lowest BCUT2D eigenvalue weighted by atomic mass is 9.76. The number of aromatic amines is 1. The summed E-state index contributed by atoms with van der Waals surface area (Å²) in [5.74, 6) is -1.39. The molecule has 196 valence electrons. The number of anilines is 1. The second-order valence-electron chi connectivity index (χ2n) is 10.8. The maximum absolute atomic E-state index is 14.9.